The Labute approximate surface area is 82.6 Å². The Kier molecular flexibility index (Phi) is 2.18. The fraction of sp³-hybridized carbons (Fsp3) is 0.200. The minimum Gasteiger partial charge on any atom is -0.384 e. The molecule has 72 valence electrons. The molecular weight excluding hydrogens is 176 g/mol. The highest BCUT2D eigenvalue weighted by Crippen LogP contribution is 2.17. The molecule has 0 unspecified atom stereocenters. The van der Waals surface area contributed by atoms with Gasteiger partial charge in [-0.05, 0) is 18.2 Å². The quantitative estimate of drug-likeness (QED) is 0.700. The monoisotopic (exact) mass is 188 g/mol. The molecule has 0 aromatic carbocycles. The maximum Gasteiger partial charge on any atom is 0.123 e. The first-order valence-electron chi connectivity index (χ1n) is 4.49. The summed E-state index contributed by atoms with van der Waals surface area (Å²) in [6, 6.07) is 3.71. The van der Waals surface area contributed by atoms with Gasteiger partial charge in [0.1, 0.15) is 5.82 Å². The molecule has 0 fully saturated rings. The highest BCUT2D eigenvalue weighted by Gasteiger charge is 2.08. The number of hydrogen-bond acceptors (Lipinski definition) is 4. The first kappa shape index (κ1) is 8.74. The predicted molar refractivity (Wildman–Crippen MR) is 57.5 cm³/mol. The van der Waals surface area contributed by atoms with Gasteiger partial charge in [-0.15, -0.1) is 0 Å². The van der Waals surface area contributed by atoms with E-state index in [2.05, 4.69) is 9.88 Å². The number of hydrogen-bond donors (Lipinski definition) is 2. The Hall–Kier alpha value is -1.84. The average Bonchev–Trinajstić information content (AvgIpc) is 2.21. The van der Waals surface area contributed by atoms with E-state index in [-0.39, 0.29) is 0 Å². The van der Waals surface area contributed by atoms with Crippen LogP contribution in [0, 0.1) is 5.41 Å². The summed E-state index contributed by atoms with van der Waals surface area (Å²) in [4.78, 5) is 6.08. The molecule has 4 heteroatoms. The molecular formula is C10H12N4. The van der Waals surface area contributed by atoms with Crippen molar-refractivity contribution in [2.24, 2.45) is 0 Å². The number of nitrogens with two attached hydrogens (primary N) is 1. The maximum atomic E-state index is 7.43. The van der Waals surface area contributed by atoms with Crippen molar-refractivity contribution in [3.8, 4) is 0 Å². The number of nitrogens with zero attached hydrogens (tertiary/aromatic N) is 2. The van der Waals surface area contributed by atoms with Gasteiger partial charge in [0.15, 0.2) is 0 Å². The van der Waals surface area contributed by atoms with Crippen LogP contribution in [0.25, 0.3) is 0 Å². The predicted octanol–water partition coefficient (Wildman–Crippen LogP) is 1.41. The summed E-state index contributed by atoms with van der Waals surface area (Å²) in [6.07, 6.45) is 6.23. The fourth-order valence-electron chi connectivity index (χ4n) is 1.36. The minimum absolute atomic E-state index is 0.530. The van der Waals surface area contributed by atoms with Gasteiger partial charge in [0, 0.05) is 24.9 Å². The summed E-state index contributed by atoms with van der Waals surface area (Å²) in [5.41, 5.74) is 7.18. The third-order valence-electron chi connectivity index (χ3n) is 2.18. The van der Waals surface area contributed by atoms with Gasteiger partial charge in [0.2, 0.25) is 0 Å². The molecule has 1 aromatic rings. The number of nitrogens with one attached hydrogen (secondary N) is 1. The van der Waals surface area contributed by atoms with Gasteiger partial charge in [-0.2, -0.15) is 0 Å². The van der Waals surface area contributed by atoms with E-state index in [4.69, 9.17) is 11.1 Å². The van der Waals surface area contributed by atoms with Crippen LogP contribution >= 0.6 is 0 Å². The van der Waals surface area contributed by atoms with Crippen LogP contribution in [0.4, 0.5) is 11.5 Å². The van der Waals surface area contributed by atoms with E-state index in [1.165, 1.54) is 0 Å². The summed E-state index contributed by atoms with van der Waals surface area (Å²) in [7, 11) is 0. The summed E-state index contributed by atoms with van der Waals surface area (Å²) >= 11 is 0. The first-order chi connectivity index (χ1) is 6.75. The normalized spacial score (nSPS) is 16.0. The molecule has 0 saturated heterocycles. The second-order valence-electron chi connectivity index (χ2n) is 3.23. The summed E-state index contributed by atoms with van der Waals surface area (Å²) in [5.74, 6) is 0.530. The highest BCUT2D eigenvalue weighted by atomic mass is 15.1. The SMILES string of the molecule is N=C1C=CN(c2ccc(N)nc2)CC1. The Bertz CT molecular complexity index is 366. The van der Waals surface area contributed by atoms with Gasteiger partial charge in [-0.25, -0.2) is 4.98 Å². The number of nitrogen functional groups attached to an aromatic ring is 1. The molecule has 0 spiro atoms. The van der Waals surface area contributed by atoms with Crippen LogP contribution in [0.5, 0.6) is 0 Å². The number of anilines is 2. The zero-order valence-electron chi connectivity index (χ0n) is 7.77. The molecule has 0 atom stereocenters. The van der Waals surface area contributed by atoms with Crippen molar-refractivity contribution >= 4 is 17.2 Å². The van der Waals surface area contributed by atoms with Gasteiger partial charge in [0.05, 0.1) is 11.9 Å². The zero-order valence-corrected chi connectivity index (χ0v) is 7.77. The van der Waals surface area contributed by atoms with E-state index >= 15 is 0 Å². The number of pyridine rings is 1. The van der Waals surface area contributed by atoms with E-state index in [0.717, 1.165) is 18.7 Å². The van der Waals surface area contributed by atoms with Crippen molar-refractivity contribution in [1.29, 1.82) is 5.41 Å². The van der Waals surface area contributed by atoms with Crippen LogP contribution in [-0.4, -0.2) is 17.2 Å². The second-order valence-corrected chi connectivity index (χ2v) is 3.23. The van der Waals surface area contributed by atoms with Gasteiger partial charge in [0.25, 0.3) is 0 Å². The summed E-state index contributed by atoms with van der Waals surface area (Å²) in [6.45, 7) is 0.834. The number of aromatic nitrogens is 1. The molecule has 2 heterocycles. The molecule has 0 aliphatic carbocycles. The van der Waals surface area contributed by atoms with E-state index in [0.29, 0.717) is 11.5 Å². The Morgan fingerprint density at radius 2 is 2.29 bits per heavy atom. The maximum absolute atomic E-state index is 7.43. The van der Waals surface area contributed by atoms with Crippen molar-refractivity contribution in [2.45, 2.75) is 6.42 Å². The Morgan fingerprint density at radius 1 is 1.43 bits per heavy atom. The van der Waals surface area contributed by atoms with E-state index < -0.39 is 0 Å². The Balaban J connectivity index is 2.20. The fourth-order valence-corrected chi connectivity index (χ4v) is 1.36. The lowest BCUT2D eigenvalue weighted by molar-refractivity contribution is 0.934. The Morgan fingerprint density at radius 3 is 2.86 bits per heavy atom. The van der Waals surface area contributed by atoms with E-state index in [1.54, 1.807) is 18.3 Å². The molecule has 0 radical (unpaired) electrons. The summed E-state index contributed by atoms with van der Waals surface area (Å²) < 4.78 is 0. The molecule has 0 saturated carbocycles. The van der Waals surface area contributed by atoms with E-state index in [1.807, 2.05) is 12.3 Å². The lowest BCUT2D eigenvalue weighted by Crippen LogP contribution is -2.23. The average molecular weight is 188 g/mol. The minimum atomic E-state index is 0.530. The molecule has 4 nitrogen and oxygen atoms in total. The van der Waals surface area contributed by atoms with Crippen LogP contribution in [0.15, 0.2) is 30.6 Å². The van der Waals surface area contributed by atoms with Crippen molar-refractivity contribution in [3.63, 3.8) is 0 Å². The molecule has 1 aliphatic rings. The standard InChI is InChI=1S/C10H12N4/c11-8-3-5-14(6-4-8)9-1-2-10(12)13-7-9/h1-3,5,7,11H,4,6H2,(H2,12,13). The highest BCUT2D eigenvalue weighted by molar-refractivity contribution is 5.94. The van der Waals surface area contributed by atoms with Crippen molar-refractivity contribution in [3.05, 3.63) is 30.6 Å². The lowest BCUT2D eigenvalue weighted by atomic mass is 10.2. The van der Waals surface area contributed by atoms with Crippen LogP contribution in [-0.2, 0) is 0 Å². The molecule has 3 N–H and O–H groups in total. The van der Waals surface area contributed by atoms with Crippen LogP contribution in [0.1, 0.15) is 6.42 Å². The zero-order chi connectivity index (χ0) is 9.97. The third-order valence-corrected chi connectivity index (χ3v) is 2.18. The van der Waals surface area contributed by atoms with Gasteiger partial charge < -0.3 is 16.0 Å². The van der Waals surface area contributed by atoms with Crippen LogP contribution < -0.4 is 10.6 Å². The van der Waals surface area contributed by atoms with Crippen molar-refractivity contribution < 1.29 is 0 Å². The molecule has 0 amide bonds. The van der Waals surface area contributed by atoms with Crippen molar-refractivity contribution in [1.82, 2.24) is 4.98 Å². The third kappa shape index (κ3) is 1.74. The smallest absolute Gasteiger partial charge is 0.123 e. The van der Waals surface area contributed by atoms with Crippen molar-refractivity contribution in [2.75, 3.05) is 17.2 Å². The second kappa shape index (κ2) is 3.49. The lowest BCUT2D eigenvalue weighted by Gasteiger charge is -2.23. The van der Waals surface area contributed by atoms with Crippen LogP contribution in [0.3, 0.4) is 0 Å². The molecule has 1 aliphatic heterocycles. The molecule has 14 heavy (non-hydrogen) atoms. The van der Waals surface area contributed by atoms with Gasteiger partial charge in [-0.3, -0.25) is 0 Å². The van der Waals surface area contributed by atoms with Gasteiger partial charge >= 0.3 is 0 Å². The van der Waals surface area contributed by atoms with Crippen LogP contribution in [0.2, 0.25) is 0 Å². The number of rotatable bonds is 1. The van der Waals surface area contributed by atoms with E-state index in [9.17, 15) is 0 Å². The van der Waals surface area contributed by atoms with Gasteiger partial charge in [-0.1, -0.05) is 0 Å². The number of allylic oxidation sites excluding steroid dienone is 1. The largest absolute Gasteiger partial charge is 0.384 e. The molecule has 0 bridgehead atoms. The first-order valence-corrected chi connectivity index (χ1v) is 4.49. The molecule has 1 aromatic heterocycles. The summed E-state index contributed by atoms with van der Waals surface area (Å²) in [5, 5.41) is 7.43. The topological polar surface area (TPSA) is 66.0 Å². The molecule has 2 rings (SSSR count).